The van der Waals surface area contributed by atoms with Crippen molar-refractivity contribution in [1.82, 2.24) is 4.98 Å². The van der Waals surface area contributed by atoms with E-state index in [1.165, 1.54) is 17.4 Å². The molecule has 3 rings (SSSR count). The number of nitrogens with zero attached hydrogens (tertiary/aromatic N) is 1. The van der Waals surface area contributed by atoms with Crippen LogP contribution in [-0.4, -0.2) is 18.0 Å². The summed E-state index contributed by atoms with van der Waals surface area (Å²) in [6.45, 7) is 0. The molecule has 4 nitrogen and oxygen atoms in total. The molecule has 1 aromatic heterocycles. The molecule has 0 radical (unpaired) electrons. The van der Waals surface area contributed by atoms with Crippen LogP contribution in [0.1, 0.15) is 5.56 Å². The molecule has 122 valence electrons. The number of methoxy groups -OCH3 is 1. The Kier molecular flexibility index (Phi) is 5.04. The SMILES string of the molecule is COc1ccc2nc(NC(=O)C=Cc3ccc(Cl)c(Cl)c3)sc2c1. The lowest BCUT2D eigenvalue weighted by atomic mass is 10.2. The number of hydrogen-bond donors (Lipinski definition) is 1. The summed E-state index contributed by atoms with van der Waals surface area (Å²) in [5, 5.41) is 4.20. The first-order valence-corrected chi connectivity index (χ1v) is 8.51. The van der Waals surface area contributed by atoms with Crippen molar-refractivity contribution in [3.8, 4) is 5.75 Å². The first kappa shape index (κ1) is 16.8. The number of amides is 1. The summed E-state index contributed by atoms with van der Waals surface area (Å²) in [5.41, 5.74) is 1.60. The van der Waals surface area contributed by atoms with Crippen LogP contribution in [0.2, 0.25) is 10.0 Å². The van der Waals surface area contributed by atoms with Crippen molar-refractivity contribution in [3.63, 3.8) is 0 Å². The molecule has 0 aliphatic rings. The third-order valence-electron chi connectivity index (χ3n) is 3.20. The number of carbonyl (C=O) groups excluding carboxylic acids is 1. The van der Waals surface area contributed by atoms with E-state index in [9.17, 15) is 4.79 Å². The number of thiazole rings is 1. The lowest BCUT2D eigenvalue weighted by Crippen LogP contribution is -2.07. The average molecular weight is 379 g/mol. The fourth-order valence-electron chi connectivity index (χ4n) is 2.02. The smallest absolute Gasteiger partial charge is 0.250 e. The van der Waals surface area contributed by atoms with Gasteiger partial charge in [-0.3, -0.25) is 10.1 Å². The van der Waals surface area contributed by atoms with Gasteiger partial charge in [0.2, 0.25) is 5.91 Å². The average Bonchev–Trinajstić information content (AvgIpc) is 2.97. The van der Waals surface area contributed by atoms with Crippen molar-refractivity contribution in [2.24, 2.45) is 0 Å². The van der Waals surface area contributed by atoms with E-state index < -0.39 is 0 Å². The minimum Gasteiger partial charge on any atom is -0.497 e. The summed E-state index contributed by atoms with van der Waals surface area (Å²) in [5.74, 6) is 0.482. The summed E-state index contributed by atoms with van der Waals surface area (Å²) in [4.78, 5) is 16.4. The van der Waals surface area contributed by atoms with E-state index >= 15 is 0 Å². The normalized spacial score (nSPS) is 11.1. The van der Waals surface area contributed by atoms with Gasteiger partial charge in [-0.1, -0.05) is 40.6 Å². The Labute approximate surface area is 152 Å². The number of ether oxygens (including phenoxy) is 1. The second-order valence-corrected chi connectivity index (χ2v) is 6.69. The highest BCUT2D eigenvalue weighted by Gasteiger charge is 2.07. The standard InChI is InChI=1S/C17H12Cl2N2O2S/c1-23-11-4-6-14-15(9-11)24-17(20-14)21-16(22)7-3-10-2-5-12(18)13(19)8-10/h2-9H,1H3,(H,20,21,22). The Morgan fingerprint density at radius 2 is 2.04 bits per heavy atom. The fraction of sp³-hybridized carbons (Fsp3) is 0.0588. The van der Waals surface area contributed by atoms with E-state index in [-0.39, 0.29) is 5.91 Å². The van der Waals surface area contributed by atoms with E-state index in [0.717, 1.165) is 21.5 Å². The zero-order chi connectivity index (χ0) is 17.1. The molecule has 0 saturated heterocycles. The van der Waals surface area contributed by atoms with Crippen LogP contribution in [0.5, 0.6) is 5.75 Å². The maximum Gasteiger partial charge on any atom is 0.250 e. The maximum atomic E-state index is 12.0. The summed E-state index contributed by atoms with van der Waals surface area (Å²) < 4.78 is 6.12. The van der Waals surface area contributed by atoms with Gasteiger partial charge >= 0.3 is 0 Å². The van der Waals surface area contributed by atoms with Crippen LogP contribution in [0, 0.1) is 0 Å². The van der Waals surface area contributed by atoms with Gasteiger partial charge in [-0.25, -0.2) is 4.98 Å². The second-order valence-electron chi connectivity index (χ2n) is 4.85. The number of aromatic nitrogens is 1. The zero-order valence-corrected chi connectivity index (χ0v) is 14.9. The van der Waals surface area contributed by atoms with Gasteiger partial charge in [0.1, 0.15) is 5.75 Å². The summed E-state index contributed by atoms with van der Waals surface area (Å²) in [7, 11) is 1.61. The van der Waals surface area contributed by atoms with Crippen molar-refractivity contribution < 1.29 is 9.53 Å². The molecule has 1 N–H and O–H groups in total. The van der Waals surface area contributed by atoms with Gasteiger partial charge in [0.25, 0.3) is 0 Å². The highest BCUT2D eigenvalue weighted by molar-refractivity contribution is 7.22. The van der Waals surface area contributed by atoms with Crippen molar-refractivity contribution in [2.75, 3.05) is 12.4 Å². The largest absolute Gasteiger partial charge is 0.497 e. The first-order chi connectivity index (χ1) is 11.5. The highest BCUT2D eigenvalue weighted by Crippen LogP contribution is 2.29. The summed E-state index contributed by atoms with van der Waals surface area (Å²) >= 11 is 13.2. The molecular weight excluding hydrogens is 367 g/mol. The predicted octanol–water partition coefficient (Wildman–Crippen LogP) is 5.26. The van der Waals surface area contributed by atoms with Gasteiger partial charge < -0.3 is 4.74 Å². The van der Waals surface area contributed by atoms with E-state index in [4.69, 9.17) is 27.9 Å². The van der Waals surface area contributed by atoms with Crippen molar-refractivity contribution in [3.05, 3.63) is 58.1 Å². The molecule has 24 heavy (non-hydrogen) atoms. The van der Waals surface area contributed by atoms with E-state index in [1.807, 2.05) is 18.2 Å². The molecule has 0 aliphatic heterocycles. The number of nitrogens with one attached hydrogen (secondary N) is 1. The molecule has 7 heteroatoms. The molecule has 0 spiro atoms. The Morgan fingerprint density at radius 3 is 2.79 bits per heavy atom. The molecule has 0 fully saturated rings. The van der Waals surface area contributed by atoms with Crippen LogP contribution in [0.25, 0.3) is 16.3 Å². The third kappa shape index (κ3) is 3.87. The summed E-state index contributed by atoms with van der Waals surface area (Å²) in [6, 6.07) is 10.7. The predicted molar refractivity (Wildman–Crippen MR) is 100 cm³/mol. The molecule has 0 bridgehead atoms. The molecule has 3 aromatic rings. The highest BCUT2D eigenvalue weighted by atomic mass is 35.5. The zero-order valence-electron chi connectivity index (χ0n) is 12.5. The van der Waals surface area contributed by atoms with Crippen LogP contribution < -0.4 is 10.1 Å². The monoisotopic (exact) mass is 378 g/mol. The Balaban J connectivity index is 1.72. The van der Waals surface area contributed by atoms with Gasteiger partial charge in [0, 0.05) is 6.08 Å². The minimum absolute atomic E-state index is 0.271. The van der Waals surface area contributed by atoms with Crippen LogP contribution >= 0.6 is 34.5 Å². The van der Waals surface area contributed by atoms with E-state index in [0.29, 0.717) is 15.2 Å². The van der Waals surface area contributed by atoms with Crippen molar-refractivity contribution >= 4 is 61.9 Å². The maximum absolute atomic E-state index is 12.0. The van der Waals surface area contributed by atoms with Gasteiger partial charge in [-0.05, 0) is 42.0 Å². The molecule has 2 aromatic carbocycles. The minimum atomic E-state index is -0.271. The lowest BCUT2D eigenvalue weighted by Gasteiger charge is -1.98. The number of halogens is 2. The van der Waals surface area contributed by atoms with Crippen molar-refractivity contribution in [2.45, 2.75) is 0 Å². The Bertz CT molecular complexity index is 937. The Morgan fingerprint density at radius 1 is 1.21 bits per heavy atom. The molecule has 1 amide bonds. The van der Waals surface area contributed by atoms with Gasteiger partial charge in [-0.2, -0.15) is 0 Å². The van der Waals surface area contributed by atoms with E-state index in [2.05, 4.69) is 10.3 Å². The summed E-state index contributed by atoms with van der Waals surface area (Å²) in [6.07, 6.45) is 3.08. The Hall–Kier alpha value is -2.08. The lowest BCUT2D eigenvalue weighted by molar-refractivity contribution is -0.111. The van der Waals surface area contributed by atoms with Crippen molar-refractivity contribution in [1.29, 1.82) is 0 Å². The third-order valence-corrected chi connectivity index (χ3v) is 4.87. The van der Waals surface area contributed by atoms with Gasteiger partial charge in [0.15, 0.2) is 5.13 Å². The number of rotatable bonds is 4. The molecule has 0 saturated carbocycles. The van der Waals surface area contributed by atoms with Gasteiger partial charge in [-0.15, -0.1) is 0 Å². The van der Waals surface area contributed by atoms with Crippen LogP contribution in [0.4, 0.5) is 5.13 Å². The van der Waals surface area contributed by atoms with Crippen LogP contribution in [0.3, 0.4) is 0 Å². The molecule has 0 aliphatic carbocycles. The van der Waals surface area contributed by atoms with Crippen LogP contribution in [0.15, 0.2) is 42.5 Å². The van der Waals surface area contributed by atoms with Crippen LogP contribution in [-0.2, 0) is 4.79 Å². The molecule has 0 unspecified atom stereocenters. The number of benzene rings is 2. The van der Waals surface area contributed by atoms with E-state index in [1.54, 1.807) is 31.4 Å². The first-order valence-electron chi connectivity index (χ1n) is 6.94. The fourth-order valence-corrected chi connectivity index (χ4v) is 3.22. The number of fused-ring (bicyclic) bond motifs is 1. The number of carbonyl (C=O) groups is 1. The molecule has 1 heterocycles. The number of hydrogen-bond acceptors (Lipinski definition) is 4. The molecule has 0 atom stereocenters. The van der Waals surface area contributed by atoms with Gasteiger partial charge in [0.05, 0.1) is 27.4 Å². The topological polar surface area (TPSA) is 51.2 Å². The molecular formula is C17H12Cl2N2O2S. The second kappa shape index (κ2) is 7.21. The number of anilines is 1. The quantitative estimate of drug-likeness (QED) is 0.629.